The Balaban J connectivity index is 2.01. The molecule has 0 spiro atoms. The van der Waals surface area contributed by atoms with Crippen LogP contribution in [0.15, 0.2) is 18.2 Å². The zero-order chi connectivity index (χ0) is 14.3. The van der Waals surface area contributed by atoms with Gasteiger partial charge in [-0.25, -0.2) is 9.97 Å². The Bertz CT molecular complexity index is 686. The lowest BCUT2D eigenvalue weighted by atomic mass is 10.1. The average molecular weight is 287 g/mol. The van der Waals surface area contributed by atoms with E-state index in [-0.39, 0.29) is 5.91 Å². The van der Waals surface area contributed by atoms with Crippen molar-refractivity contribution in [1.82, 2.24) is 9.97 Å². The number of anilines is 1. The summed E-state index contributed by atoms with van der Waals surface area (Å²) >= 11 is 4.29. The zero-order valence-electron chi connectivity index (χ0n) is 11.6. The molecule has 0 radical (unpaired) electrons. The third-order valence-corrected chi connectivity index (χ3v) is 4.35. The van der Waals surface area contributed by atoms with E-state index in [1.165, 1.54) is 0 Å². The highest BCUT2D eigenvalue weighted by molar-refractivity contribution is 7.80. The summed E-state index contributed by atoms with van der Waals surface area (Å²) in [7, 11) is 0. The topological polar surface area (TPSA) is 46.1 Å². The summed E-state index contributed by atoms with van der Waals surface area (Å²) in [5.74, 6) is 1.25. The molecule has 1 atom stereocenters. The molecule has 1 fully saturated rings. The first-order valence-electron chi connectivity index (χ1n) is 6.74. The summed E-state index contributed by atoms with van der Waals surface area (Å²) in [6, 6.07) is 5.84. The molecule has 1 aromatic heterocycles. The molecule has 1 unspecified atom stereocenters. The van der Waals surface area contributed by atoms with Crippen LogP contribution in [0.3, 0.4) is 0 Å². The van der Waals surface area contributed by atoms with Crippen LogP contribution in [0.25, 0.3) is 11.0 Å². The molecule has 3 rings (SSSR count). The standard InChI is InChI=1S/C15H17N3OS/c1-9-10(2)17-14-6-12(3-4-13(14)16-9)18-7-11(8-20)5-15(18)19/h3-4,6,11,20H,5,7-8H2,1-2H3. The van der Waals surface area contributed by atoms with E-state index in [0.717, 1.165) is 40.4 Å². The number of carbonyl (C=O) groups excluding carboxylic acids is 1. The minimum absolute atomic E-state index is 0.167. The molecule has 2 aromatic rings. The van der Waals surface area contributed by atoms with Crippen molar-refractivity contribution >= 4 is 35.3 Å². The van der Waals surface area contributed by atoms with Gasteiger partial charge >= 0.3 is 0 Å². The maximum absolute atomic E-state index is 12.1. The highest BCUT2D eigenvalue weighted by Gasteiger charge is 2.29. The molecule has 0 aliphatic carbocycles. The molecule has 1 aromatic carbocycles. The van der Waals surface area contributed by atoms with E-state index >= 15 is 0 Å². The van der Waals surface area contributed by atoms with Gasteiger partial charge in [-0.1, -0.05) is 0 Å². The Morgan fingerprint density at radius 3 is 2.60 bits per heavy atom. The Kier molecular flexibility index (Phi) is 3.38. The number of hydrogen-bond acceptors (Lipinski definition) is 4. The minimum atomic E-state index is 0.167. The highest BCUT2D eigenvalue weighted by Crippen LogP contribution is 2.27. The minimum Gasteiger partial charge on any atom is -0.312 e. The fourth-order valence-corrected chi connectivity index (χ4v) is 2.78. The van der Waals surface area contributed by atoms with Crippen LogP contribution < -0.4 is 4.90 Å². The van der Waals surface area contributed by atoms with E-state index in [0.29, 0.717) is 12.3 Å². The number of fused-ring (bicyclic) bond motifs is 1. The molecule has 104 valence electrons. The van der Waals surface area contributed by atoms with Crippen molar-refractivity contribution in [3.8, 4) is 0 Å². The number of benzene rings is 1. The van der Waals surface area contributed by atoms with Crippen LogP contribution in [0.2, 0.25) is 0 Å². The second-order valence-electron chi connectivity index (χ2n) is 5.32. The summed E-state index contributed by atoms with van der Waals surface area (Å²) in [5, 5.41) is 0. The summed E-state index contributed by atoms with van der Waals surface area (Å²) in [4.78, 5) is 23.0. The normalized spacial score (nSPS) is 19.1. The number of carbonyl (C=O) groups is 1. The Morgan fingerprint density at radius 2 is 1.95 bits per heavy atom. The van der Waals surface area contributed by atoms with Gasteiger partial charge < -0.3 is 4.90 Å². The maximum Gasteiger partial charge on any atom is 0.227 e. The highest BCUT2D eigenvalue weighted by atomic mass is 32.1. The van der Waals surface area contributed by atoms with Crippen LogP contribution in [-0.2, 0) is 4.79 Å². The number of nitrogens with zero attached hydrogens (tertiary/aromatic N) is 3. The zero-order valence-corrected chi connectivity index (χ0v) is 12.5. The molecule has 1 saturated heterocycles. The van der Waals surface area contributed by atoms with Crippen molar-refractivity contribution in [3.05, 3.63) is 29.6 Å². The van der Waals surface area contributed by atoms with E-state index in [9.17, 15) is 4.79 Å². The molecule has 0 saturated carbocycles. The molecule has 1 aliphatic heterocycles. The van der Waals surface area contributed by atoms with Crippen molar-refractivity contribution in [2.75, 3.05) is 17.2 Å². The largest absolute Gasteiger partial charge is 0.312 e. The smallest absolute Gasteiger partial charge is 0.227 e. The van der Waals surface area contributed by atoms with Gasteiger partial charge in [0.2, 0.25) is 5.91 Å². The summed E-state index contributed by atoms with van der Waals surface area (Å²) in [5.41, 5.74) is 4.49. The summed E-state index contributed by atoms with van der Waals surface area (Å²) in [6.45, 7) is 4.65. The number of thiol groups is 1. The van der Waals surface area contributed by atoms with E-state index in [2.05, 4.69) is 22.6 Å². The predicted molar refractivity (Wildman–Crippen MR) is 83.3 cm³/mol. The third kappa shape index (κ3) is 2.26. The first-order valence-corrected chi connectivity index (χ1v) is 7.38. The van der Waals surface area contributed by atoms with Gasteiger partial charge in [-0.05, 0) is 43.7 Å². The molecule has 4 nitrogen and oxygen atoms in total. The van der Waals surface area contributed by atoms with E-state index in [4.69, 9.17) is 0 Å². The van der Waals surface area contributed by atoms with Crippen molar-refractivity contribution in [2.45, 2.75) is 20.3 Å². The van der Waals surface area contributed by atoms with Gasteiger partial charge in [0.1, 0.15) is 0 Å². The van der Waals surface area contributed by atoms with Crippen molar-refractivity contribution < 1.29 is 4.79 Å². The number of aromatic nitrogens is 2. The molecule has 2 heterocycles. The Labute approximate surface area is 123 Å². The molecule has 0 bridgehead atoms. The van der Waals surface area contributed by atoms with Crippen molar-refractivity contribution in [3.63, 3.8) is 0 Å². The number of rotatable bonds is 2. The van der Waals surface area contributed by atoms with E-state index in [1.807, 2.05) is 36.9 Å². The fourth-order valence-electron chi connectivity index (χ4n) is 2.54. The monoisotopic (exact) mass is 287 g/mol. The van der Waals surface area contributed by atoms with Gasteiger partial charge in [-0.15, -0.1) is 0 Å². The SMILES string of the molecule is Cc1nc2ccc(N3CC(CS)CC3=O)cc2nc1C. The lowest BCUT2D eigenvalue weighted by Crippen LogP contribution is -2.24. The van der Waals surface area contributed by atoms with Crippen LogP contribution in [0.4, 0.5) is 5.69 Å². The van der Waals surface area contributed by atoms with E-state index in [1.54, 1.807) is 0 Å². The van der Waals surface area contributed by atoms with Crippen LogP contribution >= 0.6 is 12.6 Å². The molecular formula is C15H17N3OS. The lowest BCUT2D eigenvalue weighted by Gasteiger charge is -2.17. The molecule has 1 aliphatic rings. The molecule has 20 heavy (non-hydrogen) atoms. The van der Waals surface area contributed by atoms with Crippen LogP contribution in [0, 0.1) is 19.8 Å². The molecule has 0 N–H and O–H groups in total. The quantitative estimate of drug-likeness (QED) is 0.863. The van der Waals surface area contributed by atoms with Crippen LogP contribution in [-0.4, -0.2) is 28.2 Å². The van der Waals surface area contributed by atoms with Gasteiger partial charge in [0.05, 0.1) is 22.4 Å². The number of aryl methyl sites for hydroxylation is 2. The first kappa shape index (κ1) is 13.4. The van der Waals surface area contributed by atoms with E-state index < -0.39 is 0 Å². The molecular weight excluding hydrogens is 270 g/mol. The fraction of sp³-hybridized carbons (Fsp3) is 0.400. The number of hydrogen-bond donors (Lipinski definition) is 1. The van der Waals surface area contributed by atoms with Gasteiger partial charge in [0.15, 0.2) is 0 Å². The predicted octanol–water partition coefficient (Wildman–Crippen LogP) is 2.53. The second-order valence-corrected chi connectivity index (χ2v) is 5.69. The molecule has 1 amide bonds. The van der Waals surface area contributed by atoms with Crippen LogP contribution in [0.5, 0.6) is 0 Å². The van der Waals surface area contributed by atoms with Gasteiger partial charge in [0, 0.05) is 18.7 Å². The first-order chi connectivity index (χ1) is 9.58. The summed E-state index contributed by atoms with van der Waals surface area (Å²) < 4.78 is 0. The van der Waals surface area contributed by atoms with Crippen LogP contribution in [0.1, 0.15) is 17.8 Å². The average Bonchev–Trinajstić information content (AvgIpc) is 2.81. The van der Waals surface area contributed by atoms with Gasteiger partial charge in [-0.2, -0.15) is 12.6 Å². The number of amides is 1. The Morgan fingerprint density at radius 1 is 1.25 bits per heavy atom. The van der Waals surface area contributed by atoms with Gasteiger partial charge in [-0.3, -0.25) is 4.79 Å². The third-order valence-electron chi connectivity index (χ3n) is 3.83. The van der Waals surface area contributed by atoms with Gasteiger partial charge in [0.25, 0.3) is 0 Å². The summed E-state index contributed by atoms with van der Waals surface area (Å²) in [6.07, 6.45) is 0.583. The molecule has 5 heteroatoms. The second kappa shape index (κ2) is 5.05. The Hall–Kier alpha value is -1.62. The van der Waals surface area contributed by atoms with Crippen molar-refractivity contribution in [1.29, 1.82) is 0 Å². The lowest BCUT2D eigenvalue weighted by molar-refractivity contribution is -0.117. The van der Waals surface area contributed by atoms with Crippen molar-refractivity contribution in [2.24, 2.45) is 5.92 Å². The maximum atomic E-state index is 12.1.